The Morgan fingerprint density at radius 2 is 1.16 bits per heavy atom. The van der Waals surface area contributed by atoms with Gasteiger partial charge in [-0.1, -0.05) is 0 Å². The molecule has 0 radical (unpaired) electrons. The van der Waals surface area contributed by atoms with Crippen molar-refractivity contribution in [2.75, 3.05) is 52.4 Å². The van der Waals surface area contributed by atoms with E-state index in [-0.39, 0.29) is 13.1 Å². The highest BCUT2D eigenvalue weighted by atomic mass is 16.6. The highest BCUT2D eigenvalue weighted by Gasteiger charge is 2.32. The van der Waals surface area contributed by atoms with Gasteiger partial charge >= 0.3 is 18.2 Å². The van der Waals surface area contributed by atoms with Gasteiger partial charge in [0.05, 0.1) is 13.1 Å². The van der Waals surface area contributed by atoms with Crippen molar-refractivity contribution in [2.45, 2.75) is 79.1 Å². The molecule has 1 saturated heterocycles. The van der Waals surface area contributed by atoms with E-state index in [2.05, 4.69) is 16.0 Å². The van der Waals surface area contributed by atoms with Crippen LogP contribution in [0.3, 0.4) is 0 Å². The topological polar surface area (TPSA) is 210 Å². The molecular formula is C28H46N6O11. The number of carbonyl (C=O) groups is 8. The van der Waals surface area contributed by atoms with E-state index in [9.17, 15) is 38.4 Å². The molecule has 0 aliphatic carbocycles. The number of esters is 1. The molecule has 1 rings (SSSR count). The fraction of sp³-hybridized carbons (Fsp3) is 0.714. The second kappa shape index (κ2) is 16.0. The van der Waals surface area contributed by atoms with Crippen LogP contribution in [-0.4, -0.2) is 132 Å². The van der Waals surface area contributed by atoms with Crippen LogP contribution in [0.5, 0.6) is 0 Å². The first-order chi connectivity index (χ1) is 20.5. The summed E-state index contributed by atoms with van der Waals surface area (Å²) in [6.45, 7) is 9.78. The van der Waals surface area contributed by atoms with Gasteiger partial charge in [-0.25, -0.2) is 14.5 Å². The molecule has 1 heterocycles. The van der Waals surface area contributed by atoms with Crippen LogP contribution < -0.4 is 16.0 Å². The normalized spacial score (nSPS) is 16.6. The average Bonchev–Trinajstić information content (AvgIpc) is 2.84. The van der Waals surface area contributed by atoms with Gasteiger partial charge in [-0.3, -0.25) is 28.8 Å². The molecule has 0 aromatic heterocycles. The Bertz CT molecular complexity index is 1150. The Morgan fingerprint density at radius 1 is 0.667 bits per heavy atom. The number of alkyl carbamates (subject to hydrolysis) is 1. The third-order valence-corrected chi connectivity index (χ3v) is 5.25. The first kappa shape index (κ1) is 38.6. The highest BCUT2D eigenvalue weighted by molar-refractivity contribution is 5.99. The van der Waals surface area contributed by atoms with Gasteiger partial charge in [0.15, 0.2) is 0 Å². The number of imide groups is 1. The lowest BCUT2D eigenvalue weighted by molar-refractivity contribution is -0.159. The van der Waals surface area contributed by atoms with Crippen molar-refractivity contribution in [2.24, 2.45) is 0 Å². The number of carbonyl (C=O) groups excluding carboxylic acids is 8. The minimum absolute atomic E-state index is 0.174. The minimum atomic E-state index is -1.18. The molecule has 0 atom stereocenters. The van der Waals surface area contributed by atoms with E-state index in [4.69, 9.17) is 14.2 Å². The molecule has 45 heavy (non-hydrogen) atoms. The van der Waals surface area contributed by atoms with Gasteiger partial charge in [-0.2, -0.15) is 0 Å². The quantitative estimate of drug-likeness (QED) is 0.258. The Kier molecular flexibility index (Phi) is 13.8. The summed E-state index contributed by atoms with van der Waals surface area (Å²) < 4.78 is 15.7. The van der Waals surface area contributed by atoms with Crippen LogP contribution in [0, 0.1) is 0 Å². The molecule has 17 nitrogen and oxygen atoms in total. The van der Waals surface area contributed by atoms with E-state index in [0.717, 1.165) is 9.80 Å². The summed E-state index contributed by atoms with van der Waals surface area (Å²) in [4.78, 5) is 105. The van der Waals surface area contributed by atoms with Crippen LogP contribution >= 0.6 is 0 Å². The highest BCUT2D eigenvalue weighted by Crippen LogP contribution is 2.11. The van der Waals surface area contributed by atoms with Crippen LogP contribution in [0.25, 0.3) is 0 Å². The summed E-state index contributed by atoms with van der Waals surface area (Å²) >= 11 is 0. The second-order valence-corrected chi connectivity index (χ2v) is 13.1. The molecule has 3 N–H and O–H groups in total. The third kappa shape index (κ3) is 16.3. The standard InChI is InChI=1S/C28H46N6O11/c1-26(2,3)43-23(40)17-33-14-18(35)30-12-20(37)32(11-10-29-24(41)44-27(4,5)6)16-22(39)34(25(42)45-28(7,8)9)15-19(36)31-13-21(33)38/h10-17H2,1-9H3,(H,29,41)(H,30,35)(H,31,36). The van der Waals surface area contributed by atoms with Gasteiger partial charge in [0.1, 0.15) is 43.0 Å². The van der Waals surface area contributed by atoms with E-state index in [1.807, 2.05) is 0 Å². The summed E-state index contributed by atoms with van der Waals surface area (Å²) in [6.07, 6.45) is -1.97. The zero-order valence-electron chi connectivity index (χ0n) is 27.5. The summed E-state index contributed by atoms with van der Waals surface area (Å²) in [5, 5.41) is 7.04. The zero-order chi connectivity index (χ0) is 34.8. The predicted molar refractivity (Wildman–Crippen MR) is 157 cm³/mol. The van der Waals surface area contributed by atoms with Gasteiger partial charge in [-0.15, -0.1) is 0 Å². The van der Waals surface area contributed by atoms with Crippen molar-refractivity contribution in [3.63, 3.8) is 0 Å². The summed E-state index contributed by atoms with van der Waals surface area (Å²) in [5.74, 6) is -5.25. The number of hydrogen-bond acceptors (Lipinski definition) is 11. The second-order valence-electron chi connectivity index (χ2n) is 13.1. The summed E-state index contributed by atoms with van der Waals surface area (Å²) in [6, 6.07) is 0. The van der Waals surface area contributed by atoms with Crippen molar-refractivity contribution in [1.82, 2.24) is 30.7 Å². The number of rotatable bonds is 5. The van der Waals surface area contributed by atoms with Crippen LogP contribution in [0.15, 0.2) is 0 Å². The summed E-state index contributed by atoms with van der Waals surface area (Å²) in [5.41, 5.74) is -2.74. The number of amides is 7. The molecule has 17 heteroatoms. The SMILES string of the molecule is CC(C)(C)OC(=O)CN1CC(=O)NCC(=O)N(CCNC(=O)OC(C)(C)C)CC(=O)N(C(=O)OC(C)(C)C)CC(=O)NCC1=O. The molecule has 0 bridgehead atoms. The van der Waals surface area contributed by atoms with Crippen LogP contribution in [-0.2, 0) is 43.0 Å². The first-order valence-electron chi connectivity index (χ1n) is 14.3. The average molecular weight is 643 g/mol. The first-order valence-corrected chi connectivity index (χ1v) is 14.3. The molecule has 0 spiro atoms. The van der Waals surface area contributed by atoms with Gasteiger partial charge in [0.25, 0.3) is 5.91 Å². The van der Waals surface area contributed by atoms with Gasteiger partial charge in [0.2, 0.25) is 23.6 Å². The van der Waals surface area contributed by atoms with Crippen molar-refractivity contribution >= 4 is 47.7 Å². The molecule has 1 aliphatic rings. The van der Waals surface area contributed by atoms with E-state index in [0.29, 0.717) is 4.90 Å². The van der Waals surface area contributed by atoms with Gasteiger partial charge in [-0.05, 0) is 62.3 Å². The molecule has 0 aromatic carbocycles. The Morgan fingerprint density at radius 3 is 1.67 bits per heavy atom. The molecule has 0 unspecified atom stereocenters. The van der Waals surface area contributed by atoms with E-state index in [1.165, 1.54) is 0 Å². The fourth-order valence-electron chi connectivity index (χ4n) is 3.48. The van der Waals surface area contributed by atoms with E-state index >= 15 is 0 Å². The maximum atomic E-state index is 13.3. The molecule has 1 fully saturated rings. The number of hydrogen-bond donors (Lipinski definition) is 3. The predicted octanol–water partition coefficient (Wildman–Crippen LogP) is -0.480. The lowest BCUT2D eigenvalue weighted by Crippen LogP contribution is -2.52. The molecular weight excluding hydrogens is 596 g/mol. The van der Waals surface area contributed by atoms with E-state index < -0.39 is 104 Å². The monoisotopic (exact) mass is 642 g/mol. The molecule has 1 aliphatic heterocycles. The third-order valence-electron chi connectivity index (χ3n) is 5.25. The minimum Gasteiger partial charge on any atom is -0.459 e. The summed E-state index contributed by atoms with van der Waals surface area (Å²) in [7, 11) is 0. The van der Waals surface area contributed by atoms with Crippen molar-refractivity contribution in [3.8, 4) is 0 Å². The maximum Gasteiger partial charge on any atom is 0.417 e. The molecule has 0 saturated carbocycles. The Balaban J connectivity index is 3.31. The van der Waals surface area contributed by atoms with Crippen LogP contribution in [0.1, 0.15) is 62.3 Å². The molecule has 254 valence electrons. The van der Waals surface area contributed by atoms with E-state index in [1.54, 1.807) is 62.3 Å². The largest absolute Gasteiger partial charge is 0.459 e. The Hall–Kier alpha value is -4.44. The maximum absolute atomic E-state index is 13.3. The number of nitrogens with zero attached hydrogens (tertiary/aromatic N) is 3. The zero-order valence-corrected chi connectivity index (χ0v) is 27.5. The lowest BCUT2D eigenvalue weighted by atomic mass is 10.2. The van der Waals surface area contributed by atoms with Crippen molar-refractivity contribution < 1.29 is 52.6 Å². The molecule has 0 aromatic rings. The van der Waals surface area contributed by atoms with Crippen LogP contribution in [0.4, 0.5) is 9.59 Å². The Labute approximate surface area is 262 Å². The smallest absolute Gasteiger partial charge is 0.417 e. The van der Waals surface area contributed by atoms with Crippen LogP contribution in [0.2, 0.25) is 0 Å². The number of nitrogens with one attached hydrogen (secondary N) is 3. The van der Waals surface area contributed by atoms with Crippen molar-refractivity contribution in [1.29, 1.82) is 0 Å². The lowest BCUT2D eigenvalue weighted by Gasteiger charge is -2.28. The fourth-order valence-corrected chi connectivity index (χ4v) is 3.48. The van der Waals surface area contributed by atoms with Crippen molar-refractivity contribution in [3.05, 3.63) is 0 Å². The van der Waals surface area contributed by atoms with Gasteiger partial charge in [0, 0.05) is 13.1 Å². The van der Waals surface area contributed by atoms with Gasteiger partial charge < -0.3 is 40.0 Å². The number of ether oxygens (including phenoxy) is 3. The molecule has 7 amide bonds.